The van der Waals surface area contributed by atoms with Crippen LogP contribution in [0.3, 0.4) is 0 Å². The van der Waals surface area contributed by atoms with Gasteiger partial charge in [0.2, 0.25) is 5.91 Å². The number of hydrogen-bond acceptors (Lipinski definition) is 3. The lowest BCUT2D eigenvalue weighted by molar-refractivity contribution is -0.115. The predicted molar refractivity (Wildman–Crippen MR) is 79.4 cm³/mol. The second-order valence-corrected chi connectivity index (χ2v) is 5.11. The molecular weight excluding hydrogens is 278 g/mol. The van der Waals surface area contributed by atoms with Gasteiger partial charge in [0.15, 0.2) is 0 Å². The number of benzene rings is 1. The number of anilines is 1. The maximum Gasteiger partial charge on any atom is 0.251 e. The first-order valence-electron chi connectivity index (χ1n) is 6.67. The highest BCUT2D eigenvalue weighted by atomic mass is 35.5. The highest BCUT2D eigenvalue weighted by Gasteiger charge is 2.20. The van der Waals surface area contributed by atoms with Gasteiger partial charge in [0, 0.05) is 23.8 Å². The zero-order valence-electron chi connectivity index (χ0n) is 11.1. The highest BCUT2D eigenvalue weighted by Crippen LogP contribution is 2.24. The fraction of sp³-hybridized carbons (Fsp3) is 0.429. The Kier molecular flexibility index (Phi) is 4.62. The summed E-state index contributed by atoms with van der Waals surface area (Å²) in [6, 6.07) is 5.58. The molecule has 2 aliphatic rings. The van der Waals surface area contributed by atoms with Crippen molar-refractivity contribution in [2.75, 3.05) is 18.4 Å². The Morgan fingerprint density at radius 3 is 2.95 bits per heavy atom. The molecule has 3 N–H and O–H groups in total. The summed E-state index contributed by atoms with van der Waals surface area (Å²) >= 11 is 0. The fourth-order valence-electron chi connectivity index (χ4n) is 2.60. The molecule has 1 fully saturated rings. The van der Waals surface area contributed by atoms with Gasteiger partial charge >= 0.3 is 0 Å². The predicted octanol–water partition coefficient (Wildman–Crippen LogP) is 1.08. The van der Waals surface area contributed by atoms with Crippen LogP contribution < -0.4 is 16.0 Å². The van der Waals surface area contributed by atoms with Crippen molar-refractivity contribution in [3.05, 3.63) is 29.3 Å². The van der Waals surface area contributed by atoms with E-state index in [9.17, 15) is 9.59 Å². The summed E-state index contributed by atoms with van der Waals surface area (Å²) < 4.78 is 0. The van der Waals surface area contributed by atoms with E-state index in [2.05, 4.69) is 16.0 Å². The fourth-order valence-corrected chi connectivity index (χ4v) is 2.60. The first kappa shape index (κ1) is 14.8. The number of rotatable bonds is 2. The minimum Gasteiger partial charge on any atom is -0.348 e. The molecule has 2 aliphatic heterocycles. The molecule has 0 saturated carbocycles. The summed E-state index contributed by atoms with van der Waals surface area (Å²) in [5, 5.41) is 9.06. The zero-order chi connectivity index (χ0) is 13.2. The lowest BCUT2D eigenvalue weighted by atomic mass is 10.1. The van der Waals surface area contributed by atoms with Crippen molar-refractivity contribution in [3.63, 3.8) is 0 Å². The second kappa shape index (κ2) is 6.24. The van der Waals surface area contributed by atoms with E-state index in [4.69, 9.17) is 0 Å². The molecule has 0 bridgehead atoms. The minimum atomic E-state index is -0.0716. The van der Waals surface area contributed by atoms with Gasteiger partial charge < -0.3 is 16.0 Å². The number of carbonyl (C=O) groups excluding carboxylic acids is 2. The van der Waals surface area contributed by atoms with E-state index in [1.54, 1.807) is 12.1 Å². The third-order valence-electron chi connectivity index (χ3n) is 3.63. The van der Waals surface area contributed by atoms with Crippen LogP contribution in [0.1, 0.15) is 28.8 Å². The van der Waals surface area contributed by atoms with Crippen molar-refractivity contribution in [3.8, 4) is 0 Å². The van der Waals surface area contributed by atoms with E-state index < -0.39 is 0 Å². The van der Waals surface area contributed by atoms with Gasteiger partial charge in [0.25, 0.3) is 5.91 Å². The quantitative estimate of drug-likeness (QED) is 0.765. The van der Waals surface area contributed by atoms with Crippen molar-refractivity contribution in [2.24, 2.45) is 0 Å². The largest absolute Gasteiger partial charge is 0.348 e. The first-order valence-corrected chi connectivity index (χ1v) is 6.67. The van der Waals surface area contributed by atoms with E-state index in [0.29, 0.717) is 12.0 Å². The van der Waals surface area contributed by atoms with Gasteiger partial charge in [0.05, 0.1) is 6.42 Å². The van der Waals surface area contributed by atoms with Crippen molar-refractivity contribution in [1.82, 2.24) is 10.6 Å². The zero-order valence-corrected chi connectivity index (χ0v) is 11.9. The topological polar surface area (TPSA) is 70.2 Å². The van der Waals surface area contributed by atoms with Gasteiger partial charge in [-0.15, -0.1) is 12.4 Å². The van der Waals surface area contributed by atoms with Gasteiger partial charge in [-0.2, -0.15) is 0 Å². The van der Waals surface area contributed by atoms with Crippen LogP contribution >= 0.6 is 12.4 Å². The Morgan fingerprint density at radius 1 is 1.35 bits per heavy atom. The van der Waals surface area contributed by atoms with E-state index in [1.807, 2.05) is 6.07 Å². The highest BCUT2D eigenvalue weighted by molar-refractivity contribution is 6.02. The molecule has 2 amide bonds. The standard InChI is InChI=1S/C14H17N3O2.ClH/c18-13-7-9-3-4-10(6-12(9)17-13)14(19)16-11-2-1-5-15-8-11;/h3-4,6,11,15H,1-2,5,7-8H2,(H,16,19)(H,17,18);1H/t11-;/m1./s1. The number of piperidine rings is 1. The Labute approximate surface area is 123 Å². The van der Waals surface area contributed by atoms with Crippen molar-refractivity contribution in [2.45, 2.75) is 25.3 Å². The molecule has 1 atom stereocenters. The van der Waals surface area contributed by atoms with Crippen LogP contribution in [0.15, 0.2) is 18.2 Å². The number of fused-ring (bicyclic) bond motifs is 1. The SMILES string of the molecule is Cl.O=C1Cc2ccc(C(=O)N[C@@H]3CCCNC3)cc2N1. The molecular formula is C14H18ClN3O2. The molecule has 0 radical (unpaired) electrons. The normalized spacial score (nSPS) is 20.6. The summed E-state index contributed by atoms with van der Waals surface area (Å²) in [7, 11) is 0. The van der Waals surface area contributed by atoms with Gasteiger partial charge in [-0.3, -0.25) is 9.59 Å². The molecule has 1 aromatic rings. The third-order valence-corrected chi connectivity index (χ3v) is 3.63. The summed E-state index contributed by atoms with van der Waals surface area (Å²) in [4.78, 5) is 23.4. The van der Waals surface area contributed by atoms with Gasteiger partial charge in [-0.05, 0) is 37.1 Å². The molecule has 0 spiro atoms. The third kappa shape index (κ3) is 3.11. The van der Waals surface area contributed by atoms with Gasteiger partial charge in [0.1, 0.15) is 0 Å². The van der Waals surface area contributed by atoms with Crippen LogP contribution in [0.4, 0.5) is 5.69 Å². The average Bonchev–Trinajstić information content (AvgIpc) is 2.78. The molecule has 0 aromatic heterocycles. The van der Waals surface area contributed by atoms with Crippen molar-refractivity contribution >= 4 is 29.9 Å². The van der Waals surface area contributed by atoms with E-state index in [0.717, 1.165) is 37.2 Å². The molecule has 2 heterocycles. The van der Waals surface area contributed by atoms with E-state index >= 15 is 0 Å². The summed E-state index contributed by atoms with van der Waals surface area (Å²) in [5.74, 6) is -0.0818. The van der Waals surface area contributed by atoms with Crippen molar-refractivity contribution in [1.29, 1.82) is 0 Å². The minimum absolute atomic E-state index is 0. The van der Waals surface area contributed by atoms with Crippen LogP contribution in [-0.2, 0) is 11.2 Å². The molecule has 1 aromatic carbocycles. The monoisotopic (exact) mass is 295 g/mol. The lowest BCUT2D eigenvalue weighted by Gasteiger charge is -2.23. The Morgan fingerprint density at radius 2 is 2.20 bits per heavy atom. The van der Waals surface area contributed by atoms with Crippen LogP contribution in [0.25, 0.3) is 0 Å². The summed E-state index contributed by atoms with van der Waals surface area (Å²) in [6.07, 6.45) is 2.51. The molecule has 108 valence electrons. The number of amides is 2. The van der Waals surface area contributed by atoms with E-state index in [-0.39, 0.29) is 30.3 Å². The van der Waals surface area contributed by atoms with Gasteiger partial charge in [-0.1, -0.05) is 6.07 Å². The molecule has 0 unspecified atom stereocenters. The smallest absolute Gasteiger partial charge is 0.251 e. The molecule has 1 saturated heterocycles. The molecule has 20 heavy (non-hydrogen) atoms. The molecule has 3 rings (SSSR count). The number of nitrogens with one attached hydrogen (secondary N) is 3. The van der Waals surface area contributed by atoms with Crippen LogP contribution in [0, 0.1) is 0 Å². The number of halogens is 1. The van der Waals surface area contributed by atoms with Crippen molar-refractivity contribution < 1.29 is 9.59 Å². The maximum atomic E-state index is 12.1. The van der Waals surface area contributed by atoms with Gasteiger partial charge in [-0.25, -0.2) is 0 Å². The average molecular weight is 296 g/mol. The molecule has 5 nitrogen and oxygen atoms in total. The Bertz CT molecular complexity index is 527. The van der Waals surface area contributed by atoms with Crippen LogP contribution in [0.5, 0.6) is 0 Å². The summed E-state index contributed by atoms with van der Waals surface area (Å²) in [6.45, 7) is 1.85. The lowest BCUT2D eigenvalue weighted by Crippen LogP contribution is -2.45. The van der Waals surface area contributed by atoms with Crippen LogP contribution in [0.2, 0.25) is 0 Å². The summed E-state index contributed by atoms with van der Waals surface area (Å²) in [5.41, 5.74) is 2.33. The second-order valence-electron chi connectivity index (χ2n) is 5.11. The molecule has 6 heteroatoms. The van der Waals surface area contributed by atoms with E-state index in [1.165, 1.54) is 0 Å². The first-order chi connectivity index (χ1) is 9.22. The number of carbonyl (C=O) groups is 2. The molecule has 0 aliphatic carbocycles. The van der Waals surface area contributed by atoms with Crippen LogP contribution in [-0.4, -0.2) is 30.9 Å². The number of hydrogen-bond donors (Lipinski definition) is 3. The Balaban J connectivity index is 0.00000147. The Hall–Kier alpha value is -1.59. The maximum absolute atomic E-state index is 12.1.